The molecule has 1 N–H and O–H groups in total. The number of halogens is 1. The van der Waals surface area contributed by atoms with E-state index >= 15 is 0 Å². The minimum Gasteiger partial charge on any atom is -0.325 e. The van der Waals surface area contributed by atoms with Gasteiger partial charge in [-0.05, 0) is 55.7 Å². The number of aromatic nitrogens is 1. The highest BCUT2D eigenvalue weighted by atomic mass is 19.1. The van der Waals surface area contributed by atoms with Crippen LogP contribution in [0.3, 0.4) is 0 Å². The van der Waals surface area contributed by atoms with Crippen molar-refractivity contribution in [3.8, 4) is 11.3 Å². The van der Waals surface area contributed by atoms with E-state index in [2.05, 4.69) is 10.3 Å². The third-order valence-corrected chi connectivity index (χ3v) is 4.73. The van der Waals surface area contributed by atoms with Crippen molar-refractivity contribution < 1.29 is 14.0 Å². The van der Waals surface area contributed by atoms with E-state index in [1.807, 2.05) is 13.0 Å². The van der Waals surface area contributed by atoms with Gasteiger partial charge >= 0.3 is 6.03 Å². The van der Waals surface area contributed by atoms with Crippen molar-refractivity contribution in [1.82, 2.24) is 9.88 Å². The summed E-state index contributed by atoms with van der Waals surface area (Å²) < 4.78 is 13.5. The first kappa shape index (κ1) is 18.0. The molecule has 0 radical (unpaired) electrons. The fraction of sp³-hybridized carbons (Fsp3) is 0.350. The Labute approximate surface area is 152 Å². The molecule has 1 fully saturated rings. The summed E-state index contributed by atoms with van der Waals surface area (Å²) in [6.07, 6.45) is 4.04. The molecule has 26 heavy (non-hydrogen) atoms. The number of anilines is 1. The van der Waals surface area contributed by atoms with Gasteiger partial charge in [0.25, 0.3) is 0 Å². The van der Waals surface area contributed by atoms with E-state index in [0.29, 0.717) is 42.6 Å². The van der Waals surface area contributed by atoms with Crippen LogP contribution in [0.1, 0.15) is 31.2 Å². The van der Waals surface area contributed by atoms with Crippen LogP contribution in [-0.2, 0) is 4.79 Å². The van der Waals surface area contributed by atoms with Crippen LogP contribution in [0.5, 0.6) is 0 Å². The van der Waals surface area contributed by atoms with Gasteiger partial charge in [-0.2, -0.15) is 0 Å². The summed E-state index contributed by atoms with van der Waals surface area (Å²) in [5.41, 5.74) is 2.74. The van der Waals surface area contributed by atoms with E-state index in [0.717, 1.165) is 5.56 Å². The Bertz CT molecular complexity index is 790. The smallest absolute Gasteiger partial charge is 0.321 e. The van der Waals surface area contributed by atoms with Gasteiger partial charge in [-0.3, -0.25) is 9.78 Å². The van der Waals surface area contributed by atoms with E-state index in [4.69, 9.17) is 0 Å². The van der Waals surface area contributed by atoms with Crippen LogP contribution in [0.2, 0.25) is 0 Å². The molecule has 1 heterocycles. The van der Waals surface area contributed by atoms with Crippen LogP contribution in [0.4, 0.5) is 14.9 Å². The van der Waals surface area contributed by atoms with Gasteiger partial charge in [0.05, 0.1) is 17.6 Å². The van der Waals surface area contributed by atoms with Gasteiger partial charge in [-0.15, -0.1) is 0 Å². The molecule has 136 valence electrons. The summed E-state index contributed by atoms with van der Waals surface area (Å²) >= 11 is 0. The predicted molar refractivity (Wildman–Crippen MR) is 98.4 cm³/mol. The number of pyridine rings is 1. The highest BCUT2D eigenvalue weighted by Gasteiger charge is 2.25. The minimum absolute atomic E-state index is 0.0789. The average Bonchev–Trinajstić information content (AvgIpc) is 2.61. The number of hydrogen-bond donors (Lipinski definition) is 1. The van der Waals surface area contributed by atoms with Crippen molar-refractivity contribution in [2.24, 2.45) is 0 Å². The molecule has 0 unspecified atom stereocenters. The lowest BCUT2D eigenvalue weighted by molar-refractivity contribution is -0.121. The Hall–Kier alpha value is -2.76. The molecule has 1 aliphatic carbocycles. The Morgan fingerprint density at radius 1 is 1.23 bits per heavy atom. The van der Waals surface area contributed by atoms with Gasteiger partial charge in [0, 0.05) is 31.5 Å². The summed E-state index contributed by atoms with van der Waals surface area (Å²) in [4.78, 5) is 29.7. The fourth-order valence-electron chi connectivity index (χ4n) is 3.21. The van der Waals surface area contributed by atoms with Crippen molar-refractivity contribution in [3.05, 3.63) is 47.9 Å². The van der Waals surface area contributed by atoms with Crippen LogP contribution in [0, 0.1) is 12.7 Å². The standard InChI is InChI=1S/C20H22FN3O2/c1-13-9-14(11-15(21)10-13)19-8-3-16(12-22-19)23-20(26)24(2)17-4-6-18(25)7-5-17/h3,8-12,17H,4-7H2,1-2H3,(H,23,26). The molecule has 3 rings (SSSR count). The first-order valence-electron chi connectivity index (χ1n) is 8.71. The molecule has 0 spiro atoms. The van der Waals surface area contributed by atoms with Gasteiger partial charge in [-0.1, -0.05) is 0 Å². The maximum atomic E-state index is 13.5. The minimum atomic E-state index is -0.299. The molecule has 6 heteroatoms. The maximum absolute atomic E-state index is 13.5. The second-order valence-electron chi connectivity index (χ2n) is 6.76. The van der Waals surface area contributed by atoms with E-state index in [1.54, 1.807) is 30.3 Å². The van der Waals surface area contributed by atoms with E-state index in [-0.39, 0.29) is 23.7 Å². The molecule has 2 aromatic rings. The summed E-state index contributed by atoms with van der Waals surface area (Å²) in [7, 11) is 1.74. The van der Waals surface area contributed by atoms with Crippen molar-refractivity contribution in [1.29, 1.82) is 0 Å². The molecule has 1 aromatic carbocycles. The van der Waals surface area contributed by atoms with Crippen LogP contribution in [0.25, 0.3) is 11.3 Å². The van der Waals surface area contributed by atoms with Crippen molar-refractivity contribution in [2.75, 3.05) is 12.4 Å². The molecule has 0 aliphatic heterocycles. The monoisotopic (exact) mass is 355 g/mol. The van der Waals surface area contributed by atoms with E-state index in [9.17, 15) is 14.0 Å². The molecule has 5 nitrogen and oxygen atoms in total. The fourth-order valence-corrected chi connectivity index (χ4v) is 3.21. The normalized spacial score (nSPS) is 15.0. The Balaban J connectivity index is 1.65. The van der Waals surface area contributed by atoms with E-state index in [1.165, 1.54) is 12.1 Å². The predicted octanol–water partition coefficient (Wildman–Crippen LogP) is 4.17. The lowest BCUT2D eigenvalue weighted by Crippen LogP contribution is -2.41. The topological polar surface area (TPSA) is 62.3 Å². The number of ketones is 1. The number of carbonyl (C=O) groups excluding carboxylic acids is 2. The van der Waals surface area contributed by atoms with E-state index < -0.39 is 0 Å². The largest absolute Gasteiger partial charge is 0.325 e. The second kappa shape index (κ2) is 7.64. The number of carbonyl (C=O) groups is 2. The summed E-state index contributed by atoms with van der Waals surface area (Å²) in [6.45, 7) is 1.83. The number of aryl methyl sites for hydroxylation is 1. The molecule has 0 bridgehead atoms. The molecule has 1 aromatic heterocycles. The van der Waals surface area contributed by atoms with Crippen LogP contribution in [-0.4, -0.2) is 34.8 Å². The number of rotatable bonds is 3. The van der Waals surface area contributed by atoms with Gasteiger partial charge in [-0.25, -0.2) is 9.18 Å². The number of nitrogens with one attached hydrogen (secondary N) is 1. The quantitative estimate of drug-likeness (QED) is 0.899. The number of amides is 2. The molecule has 0 saturated heterocycles. The first-order valence-corrected chi connectivity index (χ1v) is 8.71. The third-order valence-electron chi connectivity index (χ3n) is 4.73. The molecule has 1 saturated carbocycles. The maximum Gasteiger partial charge on any atom is 0.321 e. The van der Waals surface area contributed by atoms with Crippen molar-refractivity contribution in [2.45, 2.75) is 38.6 Å². The zero-order valence-electron chi connectivity index (χ0n) is 15.0. The lowest BCUT2D eigenvalue weighted by Gasteiger charge is -2.30. The SMILES string of the molecule is Cc1cc(F)cc(-c2ccc(NC(=O)N(C)C3CCC(=O)CC3)cn2)c1. The lowest BCUT2D eigenvalue weighted by atomic mass is 9.93. The van der Waals surface area contributed by atoms with Gasteiger partial charge in [0.2, 0.25) is 0 Å². The Morgan fingerprint density at radius 3 is 2.58 bits per heavy atom. The Morgan fingerprint density at radius 2 is 1.96 bits per heavy atom. The molecular formula is C20H22FN3O2. The highest BCUT2D eigenvalue weighted by molar-refractivity contribution is 5.89. The second-order valence-corrected chi connectivity index (χ2v) is 6.76. The van der Waals surface area contributed by atoms with Gasteiger partial charge in [0.15, 0.2) is 0 Å². The van der Waals surface area contributed by atoms with Crippen molar-refractivity contribution in [3.63, 3.8) is 0 Å². The molecule has 0 atom stereocenters. The summed E-state index contributed by atoms with van der Waals surface area (Å²) in [6, 6.07) is 8.12. The van der Waals surface area contributed by atoms with Crippen molar-refractivity contribution >= 4 is 17.5 Å². The number of hydrogen-bond acceptors (Lipinski definition) is 3. The molecular weight excluding hydrogens is 333 g/mol. The molecule has 2 amide bonds. The first-order chi connectivity index (χ1) is 12.4. The van der Waals surface area contributed by atoms with Crippen LogP contribution >= 0.6 is 0 Å². The molecule has 1 aliphatic rings. The third kappa shape index (κ3) is 4.25. The Kier molecular flexibility index (Phi) is 5.30. The van der Waals surface area contributed by atoms with Crippen LogP contribution in [0.15, 0.2) is 36.5 Å². The summed E-state index contributed by atoms with van der Waals surface area (Å²) in [5.74, 6) is -0.0331. The number of Topliss-reactive ketones (excluding diaryl/α,β-unsaturated/α-hetero) is 1. The number of urea groups is 1. The number of nitrogens with zero attached hydrogens (tertiary/aromatic N) is 2. The zero-order chi connectivity index (χ0) is 18.7. The van der Waals surface area contributed by atoms with Gasteiger partial charge < -0.3 is 10.2 Å². The average molecular weight is 355 g/mol. The zero-order valence-corrected chi connectivity index (χ0v) is 15.0. The van der Waals surface area contributed by atoms with Crippen LogP contribution < -0.4 is 5.32 Å². The summed E-state index contributed by atoms with van der Waals surface area (Å²) in [5, 5.41) is 2.82. The number of benzene rings is 1. The highest BCUT2D eigenvalue weighted by Crippen LogP contribution is 2.22. The van der Waals surface area contributed by atoms with Gasteiger partial charge in [0.1, 0.15) is 11.6 Å².